The Morgan fingerprint density at radius 3 is 2.58 bits per heavy atom. The summed E-state index contributed by atoms with van der Waals surface area (Å²) in [6.45, 7) is 6.39. The standard InChI is InChI=1S/C15H24N2OS/c1-15(2,3)11-7-5-6-8-13(11)17-14(18)12(16)9-10-19-4/h5-8,12H,9-10,16H2,1-4H3,(H,17,18)/t12-/m1/s1. The molecule has 1 aromatic carbocycles. The molecule has 0 heterocycles. The van der Waals surface area contributed by atoms with Crippen molar-refractivity contribution in [1.29, 1.82) is 0 Å². The number of carbonyl (C=O) groups is 1. The molecule has 3 nitrogen and oxygen atoms in total. The molecule has 0 spiro atoms. The van der Waals surface area contributed by atoms with Gasteiger partial charge in [0.25, 0.3) is 0 Å². The molecular weight excluding hydrogens is 256 g/mol. The molecule has 19 heavy (non-hydrogen) atoms. The Bertz CT molecular complexity index is 426. The normalized spacial score (nSPS) is 13.1. The Kier molecular flexibility index (Phi) is 5.88. The van der Waals surface area contributed by atoms with Gasteiger partial charge in [-0.3, -0.25) is 4.79 Å². The van der Waals surface area contributed by atoms with E-state index in [1.54, 1.807) is 11.8 Å². The Morgan fingerprint density at radius 1 is 1.37 bits per heavy atom. The number of benzene rings is 1. The number of nitrogens with one attached hydrogen (secondary N) is 1. The summed E-state index contributed by atoms with van der Waals surface area (Å²) in [5, 5.41) is 2.95. The van der Waals surface area contributed by atoms with E-state index in [9.17, 15) is 4.79 Å². The quantitative estimate of drug-likeness (QED) is 0.871. The second kappa shape index (κ2) is 6.96. The zero-order chi connectivity index (χ0) is 14.5. The van der Waals surface area contributed by atoms with Crippen LogP contribution in [0.5, 0.6) is 0 Å². The number of hydrogen-bond acceptors (Lipinski definition) is 3. The van der Waals surface area contributed by atoms with E-state index < -0.39 is 6.04 Å². The third kappa shape index (κ3) is 4.88. The van der Waals surface area contributed by atoms with Gasteiger partial charge in [-0.15, -0.1) is 0 Å². The molecular formula is C15H24N2OS. The van der Waals surface area contributed by atoms with Crippen molar-refractivity contribution >= 4 is 23.4 Å². The number of para-hydroxylation sites is 1. The summed E-state index contributed by atoms with van der Waals surface area (Å²) in [6.07, 6.45) is 2.71. The van der Waals surface area contributed by atoms with Crippen LogP contribution >= 0.6 is 11.8 Å². The van der Waals surface area contributed by atoms with Crippen molar-refractivity contribution in [3.63, 3.8) is 0 Å². The summed E-state index contributed by atoms with van der Waals surface area (Å²) >= 11 is 1.70. The molecule has 4 heteroatoms. The lowest BCUT2D eigenvalue weighted by atomic mass is 9.86. The van der Waals surface area contributed by atoms with Crippen molar-refractivity contribution in [2.45, 2.75) is 38.6 Å². The summed E-state index contributed by atoms with van der Waals surface area (Å²) in [6, 6.07) is 7.45. The zero-order valence-electron chi connectivity index (χ0n) is 12.2. The maximum Gasteiger partial charge on any atom is 0.241 e. The molecule has 1 aromatic rings. The predicted molar refractivity (Wildman–Crippen MR) is 84.7 cm³/mol. The first-order valence-corrected chi connectivity index (χ1v) is 7.90. The molecule has 0 bridgehead atoms. The third-order valence-corrected chi connectivity index (χ3v) is 3.61. The van der Waals surface area contributed by atoms with Crippen molar-refractivity contribution in [3.05, 3.63) is 29.8 Å². The highest BCUT2D eigenvalue weighted by atomic mass is 32.2. The summed E-state index contributed by atoms with van der Waals surface area (Å²) in [5.74, 6) is 0.793. The molecule has 0 saturated heterocycles. The molecule has 0 aromatic heterocycles. The first-order valence-electron chi connectivity index (χ1n) is 6.51. The van der Waals surface area contributed by atoms with Crippen molar-refractivity contribution in [1.82, 2.24) is 0 Å². The van der Waals surface area contributed by atoms with E-state index in [0.29, 0.717) is 6.42 Å². The third-order valence-electron chi connectivity index (χ3n) is 2.96. The Hall–Kier alpha value is -1.00. The summed E-state index contributed by atoms with van der Waals surface area (Å²) in [4.78, 5) is 12.1. The van der Waals surface area contributed by atoms with Crippen LogP contribution in [0.4, 0.5) is 5.69 Å². The molecule has 0 saturated carbocycles. The van der Waals surface area contributed by atoms with Gasteiger partial charge in [0.15, 0.2) is 0 Å². The summed E-state index contributed by atoms with van der Waals surface area (Å²) in [7, 11) is 0. The van der Waals surface area contributed by atoms with Gasteiger partial charge in [0.05, 0.1) is 6.04 Å². The van der Waals surface area contributed by atoms with Gasteiger partial charge in [0, 0.05) is 5.69 Å². The number of thioether (sulfide) groups is 1. The molecule has 0 aliphatic heterocycles. The van der Waals surface area contributed by atoms with E-state index in [-0.39, 0.29) is 11.3 Å². The number of nitrogens with two attached hydrogens (primary N) is 1. The molecule has 0 aliphatic carbocycles. The van der Waals surface area contributed by atoms with E-state index in [4.69, 9.17) is 5.73 Å². The Balaban J connectivity index is 2.80. The first kappa shape index (κ1) is 16.1. The molecule has 0 unspecified atom stereocenters. The Labute approximate surface area is 120 Å². The average molecular weight is 280 g/mol. The van der Waals surface area contributed by atoms with Gasteiger partial charge in [0.1, 0.15) is 0 Å². The van der Waals surface area contributed by atoms with Crippen LogP contribution in [-0.4, -0.2) is 24.0 Å². The van der Waals surface area contributed by atoms with Gasteiger partial charge in [-0.1, -0.05) is 39.0 Å². The van der Waals surface area contributed by atoms with Crippen molar-refractivity contribution < 1.29 is 4.79 Å². The molecule has 3 N–H and O–H groups in total. The SMILES string of the molecule is CSCC[C@@H](N)C(=O)Nc1ccccc1C(C)(C)C. The maximum absolute atomic E-state index is 12.1. The van der Waals surface area contributed by atoms with E-state index in [1.165, 1.54) is 0 Å². The molecule has 1 atom stereocenters. The molecule has 1 rings (SSSR count). The minimum atomic E-state index is -0.444. The number of anilines is 1. The Morgan fingerprint density at radius 2 is 2.00 bits per heavy atom. The van der Waals surface area contributed by atoms with Gasteiger partial charge in [0.2, 0.25) is 5.91 Å². The highest BCUT2D eigenvalue weighted by Gasteiger charge is 2.20. The highest BCUT2D eigenvalue weighted by Crippen LogP contribution is 2.29. The number of rotatable bonds is 5. The molecule has 0 fully saturated rings. The largest absolute Gasteiger partial charge is 0.324 e. The van der Waals surface area contributed by atoms with Crippen LogP contribution in [-0.2, 0) is 10.2 Å². The smallest absolute Gasteiger partial charge is 0.241 e. The van der Waals surface area contributed by atoms with Gasteiger partial charge in [-0.25, -0.2) is 0 Å². The first-order chi connectivity index (χ1) is 8.86. The minimum Gasteiger partial charge on any atom is -0.324 e. The molecule has 0 radical (unpaired) electrons. The predicted octanol–water partition coefficient (Wildman–Crippen LogP) is 3.00. The lowest BCUT2D eigenvalue weighted by Crippen LogP contribution is -2.36. The maximum atomic E-state index is 12.1. The van der Waals surface area contributed by atoms with Crippen molar-refractivity contribution in [2.75, 3.05) is 17.3 Å². The van der Waals surface area contributed by atoms with Crippen molar-refractivity contribution in [3.8, 4) is 0 Å². The fourth-order valence-electron chi connectivity index (χ4n) is 1.85. The van der Waals surface area contributed by atoms with E-state index >= 15 is 0 Å². The van der Waals surface area contributed by atoms with Crippen LogP contribution in [0, 0.1) is 0 Å². The van der Waals surface area contributed by atoms with Crippen LogP contribution in [0.25, 0.3) is 0 Å². The number of hydrogen-bond donors (Lipinski definition) is 2. The molecule has 0 aliphatic rings. The minimum absolute atomic E-state index is 0.00671. The second-order valence-electron chi connectivity index (χ2n) is 5.67. The summed E-state index contributed by atoms with van der Waals surface area (Å²) < 4.78 is 0. The van der Waals surface area contributed by atoms with Crippen LogP contribution < -0.4 is 11.1 Å². The summed E-state index contributed by atoms with van der Waals surface area (Å²) in [5.41, 5.74) is 7.86. The highest BCUT2D eigenvalue weighted by molar-refractivity contribution is 7.98. The monoisotopic (exact) mass is 280 g/mol. The van der Waals surface area contributed by atoms with Gasteiger partial charge < -0.3 is 11.1 Å². The lowest BCUT2D eigenvalue weighted by Gasteiger charge is -2.23. The van der Waals surface area contributed by atoms with Crippen LogP contribution in [0.15, 0.2) is 24.3 Å². The lowest BCUT2D eigenvalue weighted by molar-refractivity contribution is -0.117. The number of amides is 1. The fourth-order valence-corrected chi connectivity index (χ4v) is 2.34. The van der Waals surface area contributed by atoms with E-state index in [2.05, 4.69) is 26.1 Å². The van der Waals surface area contributed by atoms with Gasteiger partial charge >= 0.3 is 0 Å². The zero-order valence-corrected chi connectivity index (χ0v) is 13.0. The molecule has 1 amide bonds. The molecule has 106 valence electrons. The van der Waals surface area contributed by atoms with Gasteiger partial charge in [-0.05, 0) is 35.5 Å². The van der Waals surface area contributed by atoms with Crippen molar-refractivity contribution in [2.24, 2.45) is 5.73 Å². The number of carbonyl (C=O) groups excluding carboxylic acids is 1. The van der Waals surface area contributed by atoms with Crippen LogP contribution in [0.2, 0.25) is 0 Å². The van der Waals surface area contributed by atoms with Crippen LogP contribution in [0.1, 0.15) is 32.8 Å². The van der Waals surface area contributed by atoms with E-state index in [1.807, 2.05) is 30.5 Å². The van der Waals surface area contributed by atoms with E-state index in [0.717, 1.165) is 17.0 Å². The fraction of sp³-hybridized carbons (Fsp3) is 0.533. The van der Waals surface area contributed by atoms with Gasteiger partial charge in [-0.2, -0.15) is 11.8 Å². The second-order valence-corrected chi connectivity index (χ2v) is 6.66. The average Bonchev–Trinajstić information content (AvgIpc) is 2.35. The topological polar surface area (TPSA) is 55.1 Å². The van der Waals surface area contributed by atoms with Crippen LogP contribution in [0.3, 0.4) is 0 Å².